The van der Waals surface area contributed by atoms with Gasteiger partial charge in [0.05, 0.1) is 11.8 Å². The zero-order chi connectivity index (χ0) is 15.1. The molecule has 0 saturated carbocycles. The molecule has 1 amide bonds. The van der Waals surface area contributed by atoms with Crippen molar-refractivity contribution in [3.8, 4) is 0 Å². The molecule has 0 unspecified atom stereocenters. The molecule has 1 aliphatic rings. The van der Waals surface area contributed by atoms with Crippen LogP contribution in [0.25, 0.3) is 11.0 Å². The van der Waals surface area contributed by atoms with Crippen molar-refractivity contribution in [2.75, 3.05) is 5.32 Å². The van der Waals surface area contributed by atoms with Crippen LogP contribution in [0.15, 0.2) is 36.7 Å². The number of hydrogen-bond donors (Lipinski definition) is 3. The van der Waals surface area contributed by atoms with Crippen molar-refractivity contribution in [1.82, 2.24) is 15.3 Å². The Bertz CT molecular complexity index is 887. The van der Waals surface area contributed by atoms with Crippen LogP contribution in [0.4, 0.5) is 10.1 Å². The summed E-state index contributed by atoms with van der Waals surface area (Å²) in [7, 11) is 0. The maximum atomic E-state index is 13.3. The smallest absolute Gasteiger partial charge is 0.257 e. The van der Waals surface area contributed by atoms with Crippen molar-refractivity contribution < 1.29 is 9.18 Å². The summed E-state index contributed by atoms with van der Waals surface area (Å²) in [4.78, 5) is 19.2. The first-order chi connectivity index (χ1) is 10.7. The van der Waals surface area contributed by atoms with Crippen molar-refractivity contribution in [3.63, 3.8) is 0 Å². The molecule has 6 heteroatoms. The van der Waals surface area contributed by atoms with E-state index in [1.807, 2.05) is 18.2 Å². The van der Waals surface area contributed by atoms with Crippen LogP contribution in [-0.2, 0) is 13.1 Å². The maximum Gasteiger partial charge on any atom is 0.257 e. The fourth-order valence-corrected chi connectivity index (χ4v) is 2.74. The predicted molar refractivity (Wildman–Crippen MR) is 81.0 cm³/mol. The van der Waals surface area contributed by atoms with Gasteiger partial charge in [-0.1, -0.05) is 6.07 Å². The molecule has 0 atom stereocenters. The van der Waals surface area contributed by atoms with Crippen LogP contribution >= 0.6 is 0 Å². The van der Waals surface area contributed by atoms with Crippen LogP contribution in [0.2, 0.25) is 0 Å². The highest BCUT2D eigenvalue weighted by atomic mass is 19.1. The van der Waals surface area contributed by atoms with Gasteiger partial charge in [0.15, 0.2) is 0 Å². The van der Waals surface area contributed by atoms with Gasteiger partial charge in [-0.3, -0.25) is 4.79 Å². The number of aromatic nitrogens is 2. The second kappa shape index (κ2) is 4.92. The molecule has 0 fully saturated rings. The van der Waals surface area contributed by atoms with E-state index >= 15 is 0 Å². The minimum Gasteiger partial charge on any atom is -0.345 e. The molecule has 0 spiro atoms. The normalized spacial score (nSPS) is 13.3. The van der Waals surface area contributed by atoms with E-state index in [1.165, 1.54) is 17.2 Å². The van der Waals surface area contributed by atoms with E-state index in [9.17, 15) is 9.18 Å². The second-order valence-electron chi connectivity index (χ2n) is 5.29. The third-order valence-electron chi connectivity index (χ3n) is 3.84. The number of nitrogens with one attached hydrogen (secondary N) is 3. The highest BCUT2D eigenvalue weighted by Gasteiger charge is 2.15. The number of amides is 1. The topological polar surface area (TPSA) is 69.8 Å². The summed E-state index contributed by atoms with van der Waals surface area (Å²) < 4.78 is 13.3. The largest absolute Gasteiger partial charge is 0.345 e. The van der Waals surface area contributed by atoms with Gasteiger partial charge >= 0.3 is 0 Å². The number of carbonyl (C=O) groups excluding carboxylic acids is 1. The summed E-state index contributed by atoms with van der Waals surface area (Å²) in [6.07, 6.45) is 2.66. The van der Waals surface area contributed by atoms with E-state index in [0.29, 0.717) is 16.6 Å². The molecule has 1 aromatic carbocycles. The Hall–Kier alpha value is -2.73. The van der Waals surface area contributed by atoms with E-state index in [4.69, 9.17) is 0 Å². The number of rotatable bonds is 2. The van der Waals surface area contributed by atoms with Gasteiger partial charge < -0.3 is 15.6 Å². The summed E-state index contributed by atoms with van der Waals surface area (Å²) >= 11 is 0. The molecule has 0 bridgehead atoms. The average Bonchev–Trinajstić information content (AvgIpc) is 3.12. The lowest BCUT2D eigenvalue weighted by atomic mass is 10.1. The van der Waals surface area contributed by atoms with Gasteiger partial charge in [-0.15, -0.1) is 0 Å². The summed E-state index contributed by atoms with van der Waals surface area (Å²) in [5, 5.41) is 6.58. The van der Waals surface area contributed by atoms with Crippen molar-refractivity contribution in [3.05, 3.63) is 59.2 Å². The van der Waals surface area contributed by atoms with E-state index in [1.54, 1.807) is 6.20 Å². The molecule has 3 N–H and O–H groups in total. The number of fused-ring (bicyclic) bond motifs is 2. The number of aromatic amines is 1. The Morgan fingerprint density at radius 3 is 3.00 bits per heavy atom. The minimum atomic E-state index is -0.468. The maximum absolute atomic E-state index is 13.3. The fraction of sp³-hybridized carbons (Fsp3) is 0.125. The molecule has 0 saturated heterocycles. The fourth-order valence-electron chi connectivity index (χ4n) is 2.74. The van der Waals surface area contributed by atoms with Crippen molar-refractivity contribution in [2.24, 2.45) is 0 Å². The number of nitrogens with zero attached hydrogens (tertiary/aromatic N) is 1. The Morgan fingerprint density at radius 2 is 2.09 bits per heavy atom. The van der Waals surface area contributed by atoms with E-state index in [2.05, 4.69) is 20.6 Å². The minimum absolute atomic E-state index is 0.287. The highest BCUT2D eigenvalue weighted by Crippen LogP contribution is 2.22. The summed E-state index contributed by atoms with van der Waals surface area (Å²) in [6.45, 7) is 1.66. The highest BCUT2D eigenvalue weighted by molar-refractivity contribution is 6.12. The number of benzene rings is 1. The standard InChI is InChI=1S/C16H13FN4O/c17-11-4-13-14(8-20-15(13)19-7-11)16(22)21-12-2-1-9-5-18-6-10(9)3-12/h1-4,7-8,18H,5-6H2,(H,19,20)(H,21,22). The number of hydrogen-bond acceptors (Lipinski definition) is 3. The van der Waals surface area contributed by atoms with Crippen molar-refractivity contribution in [1.29, 1.82) is 0 Å². The van der Waals surface area contributed by atoms with E-state index < -0.39 is 5.82 Å². The lowest BCUT2D eigenvalue weighted by molar-refractivity contribution is 0.102. The number of halogens is 1. The number of H-pyrrole nitrogens is 1. The molecule has 3 heterocycles. The molecule has 22 heavy (non-hydrogen) atoms. The van der Waals surface area contributed by atoms with Crippen LogP contribution < -0.4 is 10.6 Å². The average molecular weight is 296 g/mol. The molecular weight excluding hydrogens is 283 g/mol. The quantitative estimate of drug-likeness (QED) is 0.680. The number of anilines is 1. The number of carbonyl (C=O) groups is 1. The predicted octanol–water partition coefficient (Wildman–Crippen LogP) is 2.56. The zero-order valence-corrected chi connectivity index (χ0v) is 11.6. The summed E-state index contributed by atoms with van der Waals surface area (Å²) in [5.74, 6) is -0.755. The van der Waals surface area contributed by atoms with Crippen LogP contribution in [-0.4, -0.2) is 15.9 Å². The molecule has 0 radical (unpaired) electrons. The van der Waals surface area contributed by atoms with Crippen LogP contribution in [0.5, 0.6) is 0 Å². The molecule has 5 nitrogen and oxygen atoms in total. The van der Waals surface area contributed by atoms with Crippen LogP contribution in [0.3, 0.4) is 0 Å². The van der Waals surface area contributed by atoms with Gasteiger partial charge in [-0.2, -0.15) is 0 Å². The second-order valence-corrected chi connectivity index (χ2v) is 5.29. The monoisotopic (exact) mass is 296 g/mol. The molecule has 4 rings (SSSR count). The molecule has 2 aromatic heterocycles. The van der Waals surface area contributed by atoms with Crippen molar-refractivity contribution in [2.45, 2.75) is 13.1 Å². The Kier molecular flexibility index (Phi) is 2.90. The van der Waals surface area contributed by atoms with Gasteiger partial charge in [0.1, 0.15) is 11.5 Å². The Morgan fingerprint density at radius 1 is 1.23 bits per heavy atom. The van der Waals surface area contributed by atoms with E-state index in [-0.39, 0.29) is 5.91 Å². The van der Waals surface area contributed by atoms with E-state index in [0.717, 1.165) is 25.0 Å². The SMILES string of the molecule is O=C(Nc1ccc2c(c1)CNC2)c1c[nH]c2ncc(F)cc12. The van der Waals surface area contributed by atoms with Crippen LogP contribution in [0.1, 0.15) is 21.5 Å². The van der Waals surface area contributed by atoms with Crippen LogP contribution in [0, 0.1) is 5.82 Å². The van der Waals surface area contributed by atoms with Gasteiger partial charge in [-0.05, 0) is 29.3 Å². The molecule has 0 aliphatic carbocycles. The molecule has 3 aromatic rings. The number of pyridine rings is 1. The first-order valence-corrected chi connectivity index (χ1v) is 6.97. The first kappa shape index (κ1) is 13.0. The molecular formula is C16H13FN4O. The third-order valence-corrected chi connectivity index (χ3v) is 3.84. The first-order valence-electron chi connectivity index (χ1n) is 6.97. The Labute approximate surface area is 125 Å². The lowest BCUT2D eigenvalue weighted by Crippen LogP contribution is -2.11. The van der Waals surface area contributed by atoms with Crippen molar-refractivity contribution >= 4 is 22.6 Å². The molecule has 110 valence electrons. The molecule has 1 aliphatic heterocycles. The van der Waals surface area contributed by atoms with Gasteiger partial charge in [0.2, 0.25) is 0 Å². The van der Waals surface area contributed by atoms with Gasteiger partial charge in [-0.25, -0.2) is 9.37 Å². The van der Waals surface area contributed by atoms with Gasteiger partial charge in [0.25, 0.3) is 5.91 Å². The Balaban J connectivity index is 1.65. The summed E-state index contributed by atoms with van der Waals surface area (Å²) in [5.41, 5.74) is 4.03. The zero-order valence-electron chi connectivity index (χ0n) is 11.6. The summed E-state index contributed by atoms with van der Waals surface area (Å²) in [6, 6.07) is 7.14. The lowest BCUT2D eigenvalue weighted by Gasteiger charge is -2.06. The van der Waals surface area contributed by atoms with Gasteiger partial charge in [0, 0.05) is 30.4 Å². The third kappa shape index (κ3) is 2.14.